The maximum atomic E-state index is 13.8. The molecule has 3 aliphatic heterocycles. The molecule has 0 saturated carbocycles. The van der Waals surface area contributed by atoms with E-state index in [1.807, 2.05) is 39.0 Å². The van der Waals surface area contributed by atoms with E-state index in [1.165, 1.54) is 15.5 Å². The highest BCUT2D eigenvalue weighted by atomic mass is 16.6. The fourth-order valence-corrected chi connectivity index (χ4v) is 10.6. The van der Waals surface area contributed by atoms with Gasteiger partial charge in [-0.15, -0.1) is 10.2 Å². The highest BCUT2D eigenvalue weighted by molar-refractivity contribution is 5.95. The first-order valence-corrected chi connectivity index (χ1v) is 25.1. The summed E-state index contributed by atoms with van der Waals surface area (Å²) in [5, 5.41) is 55.2. The fourth-order valence-electron chi connectivity index (χ4n) is 10.6. The van der Waals surface area contributed by atoms with Crippen molar-refractivity contribution in [3.05, 3.63) is 140 Å². The summed E-state index contributed by atoms with van der Waals surface area (Å²) >= 11 is 0. The number of carbonyl (C=O) groups is 4. The van der Waals surface area contributed by atoms with E-state index < -0.39 is 23.6 Å². The highest BCUT2D eigenvalue weighted by Crippen LogP contribution is 2.42. The average Bonchev–Trinajstić information content (AvgIpc) is 4.08. The molecular weight excluding hydrogens is 961 g/mol. The van der Waals surface area contributed by atoms with Crippen molar-refractivity contribution in [1.82, 2.24) is 39.4 Å². The van der Waals surface area contributed by atoms with Crippen molar-refractivity contribution in [3.8, 4) is 51.5 Å². The van der Waals surface area contributed by atoms with Crippen molar-refractivity contribution < 1.29 is 49.1 Å². The first-order valence-electron chi connectivity index (χ1n) is 25.1. The summed E-state index contributed by atoms with van der Waals surface area (Å²) < 4.78 is 14.5. The number of rotatable bonds is 13. The molecule has 386 valence electrons. The van der Waals surface area contributed by atoms with E-state index in [1.54, 1.807) is 84.0 Å². The van der Waals surface area contributed by atoms with E-state index in [9.17, 15) is 44.4 Å². The Morgan fingerprint density at radius 2 is 1.60 bits per heavy atom. The van der Waals surface area contributed by atoms with Crippen molar-refractivity contribution in [2.45, 2.75) is 97.6 Å². The number of phenolic OH excluding ortho intramolecular Hbond substituents is 2. The molecule has 3 amide bonds. The number of aryl methyl sites for hydroxylation is 1. The normalized spacial score (nSPS) is 16.1. The van der Waals surface area contributed by atoms with Gasteiger partial charge in [0.15, 0.2) is 11.4 Å². The van der Waals surface area contributed by atoms with Crippen LogP contribution in [0.15, 0.2) is 89.7 Å². The molecule has 0 aliphatic carbocycles. The lowest BCUT2D eigenvalue weighted by Crippen LogP contribution is -2.48. The summed E-state index contributed by atoms with van der Waals surface area (Å²) in [6, 6.07) is 23.5. The number of aromatic hydroxyl groups is 2. The van der Waals surface area contributed by atoms with Gasteiger partial charge in [-0.3, -0.25) is 19.0 Å². The number of aromatic nitrogens is 5. The molecule has 1 fully saturated rings. The van der Waals surface area contributed by atoms with Gasteiger partial charge in [0.25, 0.3) is 17.4 Å². The van der Waals surface area contributed by atoms with Gasteiger partial charge in [0.1, 0.15) is 29.6 Å². The largest absolute Gasteiger partial charge is 0.508 e. The van der Waals surface area contributed by atoms with Gasteiger partial charge >= 0.3 is 12.1 Å². The van der Waals surface area contributed by atoms with Crippen LogP contribution in [0.4, 0.5) is 4.79 Å². The Kier molecular flexibility index (Phi) is 13.1. The van der Waals surface area contributed by atoms with Crippen molar-refractivity contribution in [3.63, 3.8) is 0 Å². The summed E-state index contributed by atoms with van der Waals surface area (Å²) in [5.41, 5.74) is 4.46. The third-order valence-corrected chi connectivity index (χ3v) is 14.7. The molecule has 1 saturated heterocycles. The number of nitrogens with zero attached hydrogens (tertiary/aromatic N) is 7. The summed E-state index contributed by atoms with van der Waals surface area (Å²) in [5.74, 6) is -0.669. The first-order chi connectivity index (χ1) is 36.0. The number of carboxylic acid groups (broad SMARTS) is 1. The minimum Gasteiger partial charge on any atom is -0.508 e. The van der Waals surface area contributed by atoms with Gasteiger partial charge in [-0.05, 0) is 128 Å². The number of pyridine rings is 2. The SMILES string of the molecule is CCNC(=O)c1nnc(-c2cc(C(C)C)c(O)cc2O)n1-c1ccc(Oc2ccc(C(=O)N3CCC(N(Cc4ccc5nc6c(c(CC)c5c4)Cn4c-6cc5c(c4=O)COC(=O)C5(O)CC)C(=O)O)CC3)cc2)cc1. The number of ether oxygens (including phenoxy) is 2. The molecule has 1 atom stereocenters. The van der Waals surface area contributed by atoms with Crippen LogP contribution in [0.25, 0.3) is 39.4 Å². The smallest absolute Gasteiger partial charge is 0.407 e. The third kappa shape index (κ3) is 8.85. The zero-order chi connectivity index (χ0) is 53.0. The molecule has 3 aliphatic rings. The number of benzene rings is 4. The molecule has 5 N–H and O–H groups in total. The van der Waals surface area contributed by atoms with E-state index in [-0.39, 0.29) is 89.4 Å². The number of hydrogen-bond acceptors (Lipinski definition) is 13. The molecule has 10 rings (SSSR count). The minimum atomic E-state index is -1.93. The van der Waals surface area contributed by atoms with Crippen molar-refractivity contribution in [1.29, 1.82) is 0 Å². The molecule has 1 unspecified atom stereocenters. The summed E-state index contributed by atoms with van der Waals surface area (Å²) in [6.45, 7) is 10.5. The van der Waals surface area contributed by atoms with Gasteiger partial charge < -0.3 is 49.6 Å². The quantitative estimate of drug-likeness (QED) is 0.0693. The van der Waals surface area contributed by atoms with Crippen LogP contribution in [0.2, 0.25) is 0 Å². The van der Waals surface area contributed by atoms with Gasteiger partial charge in [-0.1, -0.05) is 33.8 Å². The van der Waals surface area contributed by atoms with E-state index in [0.717, 1.165) is 22.1 Å². The van der Waals surface area contributed by atoms with Crippen molar-refractivity contribution >= 4 is 34.8 Å². The maximum Gasteiger partial charge on any atom is 0.407 e. The van der Waals surface area contributed by atoms with Crippen LogP contribution in [-0.2, 0) is 41.2 Å². The molecule has 0 bridgehead atoms. The van der Waals surface area contributed by atoms with E-state index in [2.05, 4.69) is 15.5 Å². The minimum absolute atomic E-state index is 0.00359. The Bertz CT molecular complexity index is 3510. The monoisotopic (exact) mass is 1020 g/mol. The number of fused-ring (bicyclic) bond motifs is 5. The molecule has 6 heterocycles. The Morgan fingerprint density at radius 1 is 0.893 bits per heavy atom. The Morgan fingerprint density at radius 3 is 2.25 bits per heavy atom. The number of phenols is 2. The van der Waals surface area contributed by atoms with Crippen LogP contribution in [0.1, 0.15) is 114 Å². The van der Waals surface area contributed by atoms with Crippen LogP contribution in [-0.4, -0.2) is 104 Å². The lowest BCUT2D eigenvalue weighted by molar-refractivity contribution is -0.172. The second-order valence-electron chi connectivity index (χ2n) is 19.4. The number of hydrogen-bond donors (Lipinski definition) is 5. The van der Waals surface area contributed by atoms with Crippen LogP contribution in [0.3, 0.4) is 0 Å². The van der Waals surface area contributed by atoms with E-state index >= 15 is 0 Å². The molecule has 7 aromatic rings. The molecule has 0 radical (unpaired) electrons. The number of carbonyl (C=O) groups excluding carboxylic acids is 3. The Labute approximate surface area is 430 Å². The first kappa shape index (κ1) is 50.0. The zero-order valence-electron chi connectivity index (χ0n) is 42.1. The number of esters is 1. The lowest BCUT2D eigenvalue weighted by Gasteiger charge is -2.37. The molecule has 4 aromatic carbocycles. The maximum absolute atomic E-state index is 13.8. The van der Waals surface area contributed by atoms with E-state index in [4.69, 9.17) is 14.5 Å². The van der Waals surface area contributed by atoms with Gasteiger partial charge in [0, 0.05) is 66.1 Å². The van der Waals surface area contributed by atoms with Crippen molar-refractivity contribution in [2.75, 3.05) is 19.6 Å². The third-order valence-electron chi connectivity index (χ3n) is 14.7. The van der Waals surface area contributed by atoms with Crippen LogP contribution in [0.5, 0.6) is 23.0 Å². The number of piperidine rings is 1. The molecular formula is C56H56N8O11. The Balaban J connectivity index is 0.799. The predicted octanol–water partition coefficient (Wildman–Crippen LogP) is 7.75. The number of amides is 3. The summed E-state index contributed by atoms with van der Waals surface area (Å²) in [6.07, 6.45) is 0.466. The number of nitrogens with one attached hydrogen (secondary N) is 1. The zero-order valence-corrected chi connectivity index (χ0v) is 42.1. The standard InChI is InChI=1S/C56H56N8O11/c1-6-37-39-23-31(9-18-44(39)58-48-41(37)28-63-45(48)25-43-42(53(63)69)29-74-54(70)56(43,73)7-2)27-62(55(71)72)33-19-21-61(22-20-33)52(68)32-10-14-35(15-11-32)75-36-16-12-34(13-17-36)64-49(59-60-50(64)51(67)57-8-3)40-24-38(30(4)5)46(65)26-47(40)66/h9-18,23-26,30,33,65-66,73H,6-8,19-22,27-29H2,1-5H3,(H,57,67)(H,71,72). The number of cyclic esters (lactones) is 1. The summed E-state index contributed by atoms with van der Waals surface area (Å²) in [7, 11) is 0. The van der Waals surface area contributed by atoms with E-state index in [0.29, 0.717) is 84.1 Å². The fraction of sp³-hybridized carbons (Fsp3) is 0.321. The van der Waals surface area contributed by atoms with Gasteiger partial charge in [-0.25, -0.2) is 14.6 Å². The predicted molar refractivity (Wildman–Crippen MR) is 275 cm³/mol. The molecule has 19 nitrogen and oxygen atoms in total. The van der Waals surface area contributed by atoms with Crippen molar-refractivity contribution in [2.24, 2.45) is 0 Å². The molecule has 75 heavy (non-hydrogen) atoms. The Hall–Kier alpha value is -8.58. The molecule has 3 aromatic heterocycles. The second kappa shape index (κ2) is 19.7. The van der Waals surface area contributed by atoms with Crippen LogP contribution < -0.4 is 15.6 Å². The van der Waals surface area contributed by atoms with Crippen LogP contribution >= 0.6 is 0 Å². The topological polar surface area (TPSA) is 252 Å². The van der Waals surface area contributed by atoms with Gasteiger partial charge in [0.05, 0.1) is 34.6 Å². The summed E-state index contributed by atoms with van der Waals surface area (Å²) in [4.78, 5) is 74.4. The highest BCUT2D eigenvalue weighted by Gasteiger charge is 2.45. The van der Waals surface area contributed by atoms with Gasteiger partial charge in [-0.2, -0.15) is 0 Å². The molecule has 0 spiro atoms. The van der Waals surface area contributed by atoms with Gasteiger partial charge in [0.2, 0.25) is 5.82 Å². The number of aliphatic hydroxyl groups is 1. The molecule has 19 heteroatoms. The lowest BCUT2D eigenvalue weighted by atomic mass is 9.86. The average molecular weight is 1020 g/mol. The van der Waals surface area contributed by atoms with Crippen LogP contribution in [0, 0.1) is 0 Å². The number of likely N-dealkylation sites (tertiary alicyclic amines) is 1. The second-order valence-corrected chi connectivity index (χ2v) is 19.4.